The van der Waals surface area contributed by atoms with Crippen molar-refractivity contribution < 1.29 is 28.5 Å². The van der Waals surface area contributed by atoms with Gasteiger partial charge in [-0.05, 0) is 12.8 Å². The molecule has 5 unspecified atom stereocenters. The Balaban J connectivity index is 1.22. The highest BCUT2D eigenvalue weighted by atomic mass is 16.6. The van der Waals surface area contributed by atoms with Crippen molar-refractivity contribution in [2.45, 2.75) is 25.0 Å². The van der Waals surface area contributed by atoms with Crippen LogP contribution in [-0.2, 0) is 28.5 Å². The third-order valence-electron chi connectivity index (χ3n) is 5.28. The number of morpholine rings is 1. The molecular formula is C15H21NO6. The van der Waals surface area contributed by atoms with Gasteiger partial charge in [0.1, 0.15) is 18.8 Å². The van der Waals surface area contributed by atoms with Gasteiger partial charge in [-0.2, -0.15) is 0 Å². The Hall–Kier alpha value is -1.18. The van der Waals surface area contributed by atoms with Crippen LogP contribution in [0.4, 0.5) is 0 Å². The molecule has 2 aliphatic carbocycles. The Labute approximate surface area is 128 Å². The van der Waals surface area contributed by atoms with Crippen molar-refractivity contribution in [1.82, 2.24) is 4.90 Å². The van der Waals surface area contributed by atoms with E-state index in [1.165, 1.54) is 0 Å². The third-order valence-corrected chi connectivity index (χ3v) is 5.28. The molecule has 4 fully saturated rings. The molecule has 2 aliphatic heterocycles. The summed E-state index contributed by atoms with van der Waals surface area (Å²) >= 11 is 0. The minimum atomic E-state index is -0.370. The lowest BCUT2D eigenvalue weighted by molar-refractivity contribution is -0.167. The molecule has 5 atom stereocenters. The van der Waals surface area contributed by atoms with Crippen molar-refractivity contribution in [3.05, 3.63) is 0 Å². The minimum absolute atomic E-state index is 0.0440. The molecule has 22 heavy (non-hydrogen) atoms. The predicted molar refractivity (Wildman–Crippen MR) is 72.7 cm³/mol. The third kappa shape index (κ3) is 2.51. The van der Waals surface area contributed by atoms with Crippen LogP contribution in [-0.4, -0.2) is 68.7 Å². The first-order valence-corrected chi connectivity index (χ1v) is 8.00. The number of carbonyl (C=O) groups is 2. The molecule has 2 saturated heterocycles. The van der Waals surface area contributed by atoms with E-state index in [2.05, 4.69) is 4.90 Å². The zero-order valence-electron chi connectivity index (χ0n) is 12.4. The van der Waals surface area contributed by atoms with E-state index < -0.39 is 0 Å². The summed E-state index contributed by atoms with van der Waals surface area (Å²) in [6.07, 6.45) is 1.24. The average molecular weight is 311 g/mol. The van der Waals surface area contributed by atoms with E-state index in [-0.39, 0.29) is 48.5 Å². The molecule has 0 aromatic heterocycles. The molecule has 0 aromatic carbocycles. The van der Waals surface area contributed by atoms with Gasteiger partial charge in [-0.15, -0.1) is 0 Å². The fraction of sp³-hybridized carbons (Fsp3) is 0.867. The lowest BCUT2D eigenvalue weighted by atomic mass is 9.88. The Morgan fingerprint density at radius 2 is 2.09 bits per heavy atom. The molecule has 7 heteroatoms. The monoisotopic (exact) mass is 311 g/mol. The van der Waals surface area contributed by atoms with Gasteiger partial charge >= 0.3 is 11.9 Å². The van der Waals surface area contributed by atoms with Gasteiger partial charge in [0.15, 0.2) is 0 Å². The van der Waals surface area contributed by atoms with Crippen molar-refractivity contribution in [2.75, 3.05) is 39.6 Å². The second kappa shape index (κ2) is 5.79. The first kappa shape index (κ1) is 14.4. The van der Waals surface area contributed by atoms with Crippen LogP contribution in [0.15, 0.2) is 0 Å². The molecule has 4 rings (SSSR count). The van der Waals surface area contributed by atoms with Gasteiger partial charge in [-0.3, -0.25) is 9.69 Å². The number of hydrogen-bond acceptors (Lipinski definition) is 7. The molecule has 7 nitrogen and oxygen atoms in total. The molecule has 122 valence electrons. The van der Waals surface area contributed by atoms with Crippen LogP contribution in [0.2, 0.25) is 0 Å². The summed E-state index contributed by atoms with van der Waals surface area (Å²) in [5.41, 5.74) is 0. The van der Waals surface area contributed by atoms with Crippen LogP contribution < -0.4 is 0 Å². The molecule has 2 bridgehead atoms. The Morgan fingerprint density at radius 1 is 1.27 bits per heavy atom. The zero-order valence-corrected chi connectivity index (χ0v) is 12.4. The highest BCUT2D eigenvalue weighted by Gasteiger charge is 2.63. The van der Waals surface area contributed by atoms with Gasteiger partial charge < -0.3 is 18.9 Å². The number of fused-ring (bicyclic) bond motifs is 1. The number of ether oxygens (including phenoxy) is 4. The van der Waals surface area contributed by atoms with Crippen molar-refractivity contribution >= 4 is 11.9 Å². The van der Waals surface area contributed by atoms with Crippen LogP contribution in [0.3, 0.4) is 0 Å². The Bertz CT molecular complexity index is 463. The van der Waals surface area contributed by atoms with Gasteiger partial charge in [-0.1, -0.05) is 0 Å². The number of carbonyl (C=O) groups excluding carboxylic acids is 2. The van der Waals surface area contributed by atoms with E-state index in [4.69, 9.17) is 18.9 Å². The average Bonchev–Trinajstić information content (AvgIpc) is 3.13. The summed E-state index contributed by atoms with van der Waals surface area (Å²) in [5.74, 6) is 0.0895. The number of esters is 2. The molecule has 0 radical (unpaired) electrons. The van der Waals surface area contributed by atoms with E-state index in [1.54, 1.807) is 0 Å². The quantitative estimate of drug-likeness (QED) is 0.650. The minimum Gasteiger partial charge on any atom is -0.458 e. The summed E-state index contributed by atoms with van der Waals surface area (Å²) in [5, 5.41) is 0. The first-order valence-electron chi connectivity index (χ1n) is 8.00. The van der Waals surface area contributed by atoms with Gasteiger partial charge in [0, 0.05) is 24.9 Å². The summed E-state index contributed by atoms with van der Waals surface area (Å²) in [6, 6.07) is 0. The molecule has 2 saturated carbocycles. The SMILES string of the molecule is O=C(COCN1CCOCC1)OC1C2CC3C(=O)OC1C3C2. The maximum Gasteiger partial charge on any atom is 0.332 e. The van der Waals surface area contributed by atoms with Gasteiger partial charge in [0.05, 0.1) is 25.9 Å². The van der Waals surface area contributed by atoms with E-state index >= 15 is 0 Å². The van der Waals surface area contributed by atoms with Crippen molar-refractivity contribution in [3.8, 4) is 0 Å². The van der Waals surface area contributed by atoms with Crippen molar-refractivity contribution in [2.24, 2.45) is 17.8 Å². The van der Waals surface area contributed by atoms with E-state index in [1.807, 2.05) is 0 Å². The fourth-order valence-electron chi connectivity index (χ4n) is 4.24. The molecule has 0 N–H and O–H groups in total. The maximum atomic E-state index is 11.9. The number of rotatable bonds is 5. The number of hydrogen-bond donors (Lipinski definition) is 0. The lowest BCUT2D eigenvalue weighted by Crippen LogP contribution is -2.39. The normalized spacial score (nSPS) is 40.0. The predicted octanol–water partition coefficient (Wildman–Crippen LogP) is -0.214. The topological polar surface area (TPSA) is 74.3 Å². The highest BCUT2D eigenvalue weighted by molar-refractivity contribution is 5.77. The van der Waals surface area contributed by atoms with Crippen molar-refractivity contribution in [1.29, 1.82) is 0 Å². The van der Waals surface area contributed by atoms with Gasteiger partial charge in [0.2, 0.25) is 0 Å². The van der Waals surface area contributed by atoms with E-state index in [9.17, 15) is 9.59 Å². The standard InChI is InChI=1S/C15H21NO6/c17-12(7-20-8-16-1-3-19-4-2-16)21-13-9-5-10-11(6-9)15(18)22-14(10)13/h9-11,13-14H,1-8H2. The zero-order chi connectivity index (χ0) is 15.1. The maximum absolute atomic E-state index is 11.9. The number of nitrogens with zero attached hydrogens (tertiary/aromatic N) is 1. The second-order valence-corrected chi connectivity index (χ2v) is 6.57. The first-order chi connectivity index (χ1) is 10.7. The van der Waals surface area contributed by atoms with Crippen LogP contribution in [0.5, 0.6) is 0 Å². The summed E-state index contributed by atoms with van der Waals surface area (Å²) in [7, 11) is 0. The van der Waals surface area contributed by atoms with E-state index in [0.717, 1.165) is 25.9 Å². The molecule has 0 aromatic rings. The Kier molecular flexibility index (Phi) is 3.79. The Morgan fingerprint density at radius 3 is 2.91 bits per heavy atom. The summed E-state index contributed by atoms with van der Waals surface area (Å²) < 4.78 is 21.6. The molecule has 4 aliphatic rings. The molecular weight excluding hydrogens is 290 g/mol. The van der Waals surface area contributed by atoms with Crippen LogP contribution in [0.1, 0.15) is 12.8 Å². The van der Waals surface area contributed by atoms with Crippen LogP contribution in [0.25, 0.3) is 0 Å². The molecule has 2 heterocycles. The molecule has 0 amide bonds. The van der Waals surface area contributed by atoms with E-state index in [0.29, 0.717) is 19.9 Å². The summed E-state index contributed by atoms with van der Waals surface area (Å²) in [6.45, 7) is 3.40. The van der Waals surface area contributed by atoms with Gasteiger partial charge in [-0.25, -0.2) is 4.79 Å². The van der Waals surface area contributed by atoms with Gasteiger partial charge in [0.25, 0.3) is 0 Å². The van der Waals surface area contributed by atoms with Crippen molar-refractivity contribution in [3.63, 3.8) is 0 Å². The largest absolute Gasteiger partial charge is 0.458 e. The smallest absolute Gasteiger partial charge is 0.332 e. The fourth-order valence-corrected chi connectivity index (χ4v) is 4.24. The van der Waals surface area contributed by atoms with Crippen LogP contribution >= 0.6 is 0 Å². The summed E-state index contributed by atoms with van der Waals surface area (Å²) in [4.78, 5) is 25.7. The lowest BCUT2D eigenvalue weighted by Gasteiger charge is -2.27. The van der Waals surface area contributed by atoms with Crippen LogP contribution in [0, 0.1) is 17.8 Å². The second-order valence-electron chi connectivity index (χ2n) is 6.57. The molecule has 0 spiro atoms. The highest BCUT2D eigenvalue weighted by Crippen LogP contribution is 2.55.